The van der Waals surface area contributed by atoms with Crippen LogP contribution in [-0.2, 0) is 11.0 Å². The van der Waals surface area contributed by atoms with Crippen LogP contribution in [0.4, 0.5) is 0 Å². The summed E-state index contributed by atoms with van der Waals surface area (Å²) in [4.78, 5) is 8.89. The second kappa shape index (κ2) is 6.58. The van der Waals surface area contributed by atoms with E-state index in [9.17, 15) is 0 Å². The van der Waals surface area contributed by atoms with Gasteiger partial charge in [-0.2, -0.15) is 0 Å². The molecule has 0 saturated carbocycles. The summed E-state index contributed by atoms with van der Waals surface area (Å²) in [7, 11) is -0.638. The molecular formula is C12H19O2P. The molecule has 0 heterocycles. The molecule has 0 aliphatic rings. The topological polar surface area (TPSA) is 40.1 Å². The minimum absolute atomic E-state index is 0.638. The van der Waals surface area contributed by atoms with Crippen LogP contribution in [0.1, 0.15) is 12.5 Å². The molecule has 0 N–H and O–H groups in total. The number of carbonyl (C=O) groups is 1. The van der Waals surface area contributed by atoms with Crippen molar-refractivity contribution in [1.82, 2.24) is 0 Å². The van der Waals surface area contributed by atoms with E-state index < -0.39 is 13.2 Å². The maximum Gasteiger partial charge on any atom is 0.0834 e. The van der Waals surface area contributed by atoms with E-state index in [1.54, 1.807) is 0 Å². The fourth-order valence-corrected chi connectivity index (χ4v) is 2.44. The van der Waals surface area contributed by atoms with Crippen LogP contribution < -0.4 is 5.11 Å². The number of carboxylic acid groups (broad SMARTS) is 1. The summed E-state index contributed by atoms with van der Waals surface area (Å²) >= 11 is 0. The SMILES string of the molecule is CC(=O)[O-].C[P+](C)(C)Cc1ccccc1. The van der Waals surface area contributed by atoms with Crippen molar-refractivity contribution in [3.05, 3.63) is 35.9 Å². The normalized spacial score (nSPS) is 10.1. The summed E-state index contributed by atoms with van der Waals surface area (Å²) in [5.74, 6) is -1.08. The number of benzene rings is 1. The number of carbonyl (C=O) groups excluding carboxylic acids is 1. The molecule has 1 aromatic rings. The molecule has 0 unspecified atom stereocenters. The Hall–Kier alpha value is -0.880. The quantitative estimate of drug-likeness (QED) is 0.722. The molecule has 0 amide bonds. The van der Waals surface area contributed by atoms with Gasteiger partial charge in [-0.1, -0.05) is 30.3 Å². The smallest absolute Gasteiger partial charge is 0.0834 e. The summed E-state index contributed by atoms with van der Waals surface area (Å²) in [6.45, 7) is 8.10. The first-order valence-electron chi connectivity index (χ1n) is 4.83. The lowest BCUT2D eigenvalue weighted by Gasteiger charge is -2.10. The van der Waals surface area contributed by atoms with Crippen molar-refractivity contribution in [2.24, 2.45) is 0 Å². The van der Waals surface area contributed by atoms with E-state index in [1.165, 1.54) is 11.7 Å². The molecule has 2 nitrogen and oxygen atoms in total. The highest BCUT2D eigenvalue weighted by Gasteiger charge is 2.16. The molecule has 0 fully saturated rings. The highest BCUT2D eigenvalue weighted by atomic mass is 31.2. The summed E-state index contributed by atoms with van der Waals surface area (Å²) in [6, 6.07) is 10.7. The fourth-order valence-electron chi connectivity index (χ4n) is 1.13. The summed E-state index contributed by atoms with van der Waals surface area (Å²) in [5, 5.41) is 8.89. The van der Waals surface area contributed by atoms with Gasteiger partial charge in [0.2, 0.25) is 0 Å². The first-order valence-corrected chi connectivity index (χ1v) is 8.15. The lowest BCUT2D eigenvalue weighted by atomic mass is 10.2. The van der Waals surface area contributed by atoms with E-state index in [-0.39, 0.29) is 0 Å². The third-order valence-corrected chi connectivity index (χ3v) is 2.81. The molecule has 0 saturated heterocycles. The Morgan fingerprint density at radius 1 is 1.20 bits per heavy atom. The number of hydrogen-bond donors (Lipinski definition) is 0. The standard InChI is InChI=1S/C10H16P.C2H4O2/c1-11(2,3)9-10-7-5-4-6-8-10;1-2(3)4/h4-8H,9H2,1-3H3;1H3,(H,3,4)/q+1;/p-1. The van der Waals surface area contributed by atoms with Crippen LogP contribution in [0.2, 0.25) is 0 Å². The van der Waals surface area contributed by atoms with Crippen LogP contribution in [0.25, 0.3) is 0 Å². The summed E-state index contributed by atoms with van der Waals surface area (Å²) in [5.41, 5.74) is 1.48. The highest BCUT2D eigenvalue weighted by molar-refractivity contribution is 7.72. The van der Waals surface area contributed by atoms with Gasteiger partial charge in [0, 0.05) is 33.2 Å². The Kier molecular flexibility index (Phi) is 6.19. The van der Waals surface area contributed by atoms with Gasteiger partial charge in [0.05, 0.1) is 6.16 Å². The third kappa shape index (κ3) is 11.0. The van der Waals surface area contributed by atoms with E-state index in [4.69, 9.17) is 9.90 Å². The van der Waals surface area contributed by atoms with Gasteiger partial charge in [-0.25, -0.2) is 0 Å². The van der Waals surface area contributed by atoms with Gasteiger partial charge >= 0.3 is 0 Å². The van der Waals surface area contributed by atoms with Crippen molar-refractivity contribution in [3.63, 3.8) is 0 Å². The predicted octanol–water partition coefficient (Wildman–Crippen LogP) is 1.85. The number of aliphatic carboxylic acids is 1. The molecule has 0 bridgehead atoms. The number of rotatable bonds is 2. The zero-order chi connectivity index (χ0) is 11.9. The van der Waals surface area contributed by atoms with Gasteiger partial charge in [0.1, 0.15) is 0 Å². The maximum absolute atomic E-state index is 8.89. The molecule has 15 heavy (non-hydrogen) atoms. The Labute approximate surface area is 92.7 Å². The van der Waals surface area contributed by atoms with Crippen molar-refractivity contribution in [2.45, 2.75) is 13.1 Å². The van der Waals surface area contributed by atoms with Crippen LogP contribution in [-0.4, -0.2) is 26.0 Å². The van der Waals surface area contributed by atoms with Crippen LogP contribution in [0.3, 0.4) is 0 Å². The van der Waals surface area contributed by atoms with Crippen molar-refractivity contribution in [1.29, 1.82) is 0 Å². The van der Waals surface area contributed by atoms with E-state index in [2.05, 4.69) is 50.3 Å². The largest absolute Gasteiger partial charge is 0.550 e. The van der Waals surface area contributed by atoms with Gasteiger partial charge in [-0.05, 0) is 12.5 Å². The van der Waals surface area contributed by atoms with E-state index in [0.717, 1.165) is 6.92 Å². The van der Waals surface area contributed by atoms with Crippen molar-refractivity contribution in [2.75, 3.05) is 20.0 Å². The molecule has 3 heteroatoms. The minimum atomic E-state index is -1.08. The summed E-state index contributed by atoms with van der Waals surface area (Å²) < 4.78 is 0. The molecule has 1 aromatic carbocycles. The number of hydrogen-bond acceptors (Lipinski definition) is 2. The third-order valence-electron chi connectivity index (χ3n) is 1.50. The van der Waals surface area contributed by atoms with E-state index in [0.29, 0.717) is 0 Å². The second-order valence-electron chi connectivity index (χ2n) is 4.43. The molecule has 0 atom stereocenters. The molecule has 0 aliphatic carbocycles. The first kappa shape index (κ1) is 14.1. The Morgan fingerprint density at radius 2 is 1.60 bits per heavy atom. The monoisotopic (exact) mass is 226 g/mol. The Morgan fingerprint density at radius 3 is 1.93 bits per heavy atom. The molecule has 0 spiro atoms. The van der Waals surface area contributed by atoms with Crippen molar-refractivity contribution in [3.8, 4) is 0 Å². The molecule has 0 aromatic heterocycles. The van der Waals surface area contributed by atoms with Gasteiger partial charge in [0.25, 0.3) is 0 Å². The van der Waals surface area contributed by atoms with E-state index >= 15 is 0 Å². The molecule has 0 aliphatic heterocycles. The minimum Gasteiger partial charge on any atom is -0.550 e. The zero-order valence-corrected chi connectivity index (χ0v) is 10.8. The Bertz CT molecular complexity index is 284. The Balaban J connectivity index is 0.000000423. The number of carboxylic acids is 1. The van der Waals surface area contributed by atoms with Crippen LogP contribution in [0.15, 0.2) is 30.3 Å². The molecular weight excluding hydrogens is 207 g/mol. The highest BCUT2D eigenvalue weighted by Crippen LogP contribution is 2.49. The average molecular weight is 226 g/mol. The van der Waals surface area contributed by atoms with Gasteiger partial charge in [0.15, 0.2) is 0 Å². The van der Waals surface area contributed by atoms with Gasteiger partial charge in [-0.3, -0.25) is 0 Å². The van der Waals surface area contributed by atoms with Crippen molar-refractivity contribution >= 4 is 13.2 Å². The molecule has 1 rings (SSSR count). The van der Waals surface area contributed by atoms with Gasteiger partial charge in [-0.15, -0.1) is 0 Å². The predicted molar refractivity (Wildman–Crippen MR) is 65.5 cm³/mol. The van der Waals surface area contributed by atoms with E-state index in [1.807, 2.05) is 0 Å². The summed E-state index contributed by atoms with van der Waals surface area (Å²) in [6.07, 6.45) is 1.27. The van der Waals surface area contributed by atoms with Crippen LogP contribution in [0, 0.1) is 0 Å². The molecule has 84 valence electrons. The lowest BCUT2D eigenvalue weighted by molar-refractivity contribution is -0.302. The van der Waals surface area contributed by atoms with Crippen LogP contribution in [0.5, 0.6) is 0 Å². The average Bonchev–Trinajstić information content (AvgIpc) is 2.01. The van der Waals surface area contributed by atoms with Crippen molar-refractivity contribution < 1.29 is 9.90 Å². The maximum atomic E-state index is 8.89. The zero-order valence-electron chi connectivity index (χ0n) is 9.86. The second-order valence-corrected chi connectivity index (χ2v) is 9.32. The first-order chi connectivity index (χ1) is 6.81. The van der Waals surface area contributed by atoms with Crippen LogP contribution >= 0.6 is 7.26 Å². The van der Waals surface area contributed by atoms with Gasteiger partial charge < -0.3 is 9.90 Å². The molecule has 0 radical (unpaired) electrons. The fraction of sp³-hybridized carbons (Fsp3) is 0.417. The lowest BCUT2D eigenvalue weighted by Crippen LogP contribution is -2.16.